The average Bonchev–Trinajstić information content (AvgIpc) is 2.24. The normalized spacial score (nSPS) is 16.6. The van der Waals surface area contributed by atoms with Crippen LogP contribution < -0.4 is 0 Å². The first-order chi connectivity index (χ1) is 7.51. The summed E-state index contributed by atoms with van der Waals surface area (Å²) in [6.45, 7) is 1.34. The van der Waals surface area contributed by atoms with E-state index in [0.29, 0.717) is 12.3 Å². The van der Waals surface area contributed by atoms with Crippen LogP contribution in [0.5, 0.6) is 0 Å². The Kier molecular flexibility index (Phi) is 10.0. The second kappa shape index (κ2) is 9.64. The minimum absolute atomic E-state index is 0.0336. The predicted octanol–water partition coefficient (Wildman–Crippen LogP) is 3.78. The third-order valence-electron chi connectivity index (χ3n) is 2.04. The Balaban J connectivity index is 3.83. The molecular formula is C10H16Cl4O2. The van der Waals surface area contributed by atoms with Crippen molar-refractivity contribution in [3.8, 4) is 0 Å². The highest BCUT2D eigenvalue weighted by Gasteiger charge is 2.21. The van der Waals surface area contributed by atoms with E-state index >= 15 is 0 Å². The fourth-order valence-corrected chi connectivity index (χ4v) is 2.19. The van der Waals surface area contributed by atoms with Crippen LogP contribution in [0.15, 0.2) is 0 Å². The first-order valence-electron chi connectivity index (χ1n) is 5.08. The van der Waals surface area contributed by atoms with Crippen LogP contribution in [0.2, 0.25) is 0 Å². The van der Waals surface area contributed by atoms with Gasteiger partial charge in [-0.3, -0.25) is 4.79 Å². The highest BCUT2D eigenvalue weighted by Crippen LogP contribution is 2.18. The van der Waals surface area contributed by atoms with Crippen molar-refractivity contribution in [1.29, 1.82) is 0 Å². The van der Waals surface area contributed by atoms with E-state index in [1.165, 1.54) is 6.92 Å². The van der Waals surface area contributed by atoms with Gasteiger partial charge in [-0.2, -0.15) is 0 Å². The van der Waals surface area contributed by atoms with Crippen molar-refractivity contribution < 1.29 is 9.53 Å². The molecule has 0 saturated carbocycles. The molecule has 0 N–H and O–H groups in total. The zero-order chi connectivity index (χ0) is 12.6. The molecule has 0 aromatic heterocycles. The molecule has 0 bridgehead atoms. The lowest BCUT2D eigenvalue weighted by Crippen LogP contribution is -2.28. The molecule has 0 fully saturated rings. The minimum atomic E-state index is -0.439. The molecule has 0 aromatic rings. The molecule has 0 radical (unpaired) electrons. The van der Waals surface area contributed by atoms with Crippen molar-refractivity contribution in [2.45, 2.75) is 43.0 Å². The van der Waals surface area contributed by atoms with E-state index in [1.54, 1.807) is 0 Å². The summed E-state index contributed by atoms with van der Waals surface area (Å²) in [4.78, 5) is 10.8. The van der Waals surface area contributed by atoms with Gasteiger partial charge in [0.15, 0.2) is 0 Å². The Morgan fingerprint density at radius 2 is 1.81 bits per heavy atom. The van der Waals surface area contributed by atoms with Gasteiger partial charge in [0.25, 0.3) is 0 Å². The van der Waals surface area contributed by atoms with Crippen LogP contribution in [0.3, 0.4) is 0 Å². The van der Waals surface area contributed by atoms with Crippen LogP contribution in [-0.2, 0) is 9.53 Å². The molecule has 16 heavy (non-hydrogen) atoms. The Labute approximate surface area is 117 Å². The zero-order valence-corrected chi connectivity index (χ0v) is 12.1. The van der Waals surface area contributed by atoms with Gasteiger partial charge >= 0.3 is 5.97 Å². The monoisotopic (exact) mass is 308 g/mol. The maximum absolute atomic E-state index is 10.8. The summed E-state index contributed by atoms with van der Waals surface area (Å²) in [5.74, 6) is 0.262. The van der Waals surface area contributed by atoms with Crippen molar-refractivity contribution in [2.24, 2.45) is 0 Å². The molecule has 3 atom stereocenters. The number of esters is 1. The molecule has 0 aliphatic rings. The maximum atomic E-state index is 10.8. The molecular weight excluding hydrogens is 294 g/mol. The molecule has 2 nitrogen and oxygen atoms in total. The molecule has 0 aliphatic carbocycles. The topological polar surface area (TPSA) is 26.3 Å². The largest absolute Gasteiger partial charge is 0.460 e. The summed E-state index contributed by atoms with van der Waals surface area (Å²) in [7, 11) is 0. The van der Waals surface area contributed by atoms with Gasteiger partial charge in [0, 0.05) is 18.2 Å². The van der Waals surface area contributed by atoms with Crippen LogP contribution in [0.4, 0.5) is 0 Å². The van der Waals surface area contributed by atoms with E-state index < -0.39 is 6.10 Å². The van der Waals surface area contributed by atoms with Gasteiger partial charge in [-0.15, -0.1) is 46.4 Å². The molecule has 0 amide bonds. The molecule has 3 unspecified atom stereocenters. The van der Waals surface area contributed by atoms with Gasteiger partial charge in [-0.25, -0.2) is 0 Å². The number of carbonyl (C=O) groups excluding carboxylic acids is 1. The van der Waals surface area contributed by atoms with Gasteiger partial charge in [0.05, 0.1) is 11.3 Å². The number of ether oxygens (including phenoxy) is 1. The van der Waals surface area contributed by atoms with Crippen LogP contribution in [0.25, 0.3) is 0 Å². The van der Waals surface area contributed by atoms with E-state index in [1.807, 2.05) is 0 Å². The van der Waals surface area contributed by atoms with Gasteiger partial charge in [-0.05, 0) is 12.8 Å². The predicted molar refractivity (Wildman–Crippen MR) is 70.1 cm³/mol. The first-order valence-corrected chi connectivity index (χ1v) is 7.02. The van der Waals surface area contributed by atoms with Crippen LogP contribution >= 0.6 is 46.4 Å². The van der Waals surface area contributed by atoms with E-state index in [9.17, 15) is 4.79 Å². The molecule has 0 heterocycles. The van der Waals surface area contributed by atoms with Crippen molar-refractivity contribution in [2.75, 3.05) is 11.8 Å². The lowest BCUT2D eigenvalue weighted by Gasteiger charge is -2.19. The Morgan fingerprint density at radius 1 is 1.19 bits per heavy atom. The Hall–Kier alpha value is 0.630. The summed E-state index contributed by atoms with van der Waals surface area (Å²) in [5.41, 5.74) is 0. The average molecular weight is 310 g/mol. The minimum Gasteiger partial charge on any atom is -0.460 e. The van der Waals surface area contributed by atoms with Gasteiger partial charge in [-0.1, -0.05) is 6.42 Å². The van der Waals surface area contributed by atoms with E-state index in [0.717, 1.165) is 12.8 Å². The number of carbonyl (C=O) groups is 1. The van der Waals surface area contributed by atoms with Crippen molar-refractivity contribution >= 4 is 52.4 Å². The Morgan fingerprint density at radius 3 is 2.25 bits per heavy atom. The third kappa shape index (κ3) is 7.83. The molecule has 0 aliphatic heterocycles. The summed E-state index contributed by atoms with van der Waals surface area (Å²) in [6, 6.07) is 0. The Bertz CT molecular complexity index is 201. The standard InChI is InChI=1S/C10H16Cl4O2/c1-7(15)16-10(6-12)9(14)4-2-3-8(13)5-11/h8-10H,2-6H2,1H3. The lowest BCUT2D eigenvalue weighted by atomic mass is 10.1. The third-order valence-corrected chi connectivity index (χ3v) is 3.74. The molecule has 96 valence electrons. The SMILES string of the molecule is CC(=O)OC(CCl)C(Cl)CCCC(Cl)CCl. The summed E-state index contributed by atoms with van der Waals surface area (Å²) >= 11 is 23.2. The molecule has 0 rings (SSSR count). The molecule has 0 saturated heterocycles. The highest BCUT2D eigenvalue weighted by atomic mass is 35.5. The maximum Gasteiger partial charge on any atom is 0.302 e. The number of rotatable bonds is 8. The second-order valence-corrected chi connectivity index (χ2v) is 5.30. The van der Waals surface area contributed by atoms with Crippen LogP contribution in [0, 0.1) is 0 Å². The van der Waals surface area contributed by atoms with Gasteiger partial charge in [0.2, 0.25) is 0 Å². The van der Waals surface area contributed by atoms with Crippen molar-refractivity contribution in [1.82, 2.24) is 0 Å². The second-order valence-electron chi connectivity index (χ2n) is 3.50. The van der Waals surface area contributed by atoms with Crippen LogP contribution in [0.1, 0.15) is 26.2 Å². The fourth-order valence-electron chi connectivity index (χ4n) is 1.21. The first kappa shape index (κ1) is 16.6. The van der Waals surface area contributed by atoms with Crippen molar-refractivity contribution in [3.63, 3.8) is 0 Å². The number of hydrogen-bond donors (Lipinski definition) is 0. The van der Waals surface area contributed by atoms with E-state index in [2.05, 4.69) is 0 Å². The van der Waals surface area contributed by atoms with Crippen LogP contribution in [-0.4, -0.2) is 34.6 Å². The van der Waals surface area contributed by atoms with E-state index in [-0.39, 0.29) is 22.6 Å². The molecule has 0 aromatic carbocycles. The number of alkyl halides is 4. The smallest absolute Gasteiger partial charge is 0.302 e. The number of halogens is 4. The summed E-state index contributed by atoms with van der Waals surface area (Å²) in [5, 5.41) is -0.311. The summed E-state index contributed by atoms with van der Waals surface area (Å²) < 4.78 is 4.98. The van der Waals surface area contributed by atoms with Gasteiger partial charge in [0.1, 0.15) is 6.10 Å². The van der Waals surface area contributed by atoms with Gasteiger partial charge < -0.3 is 4.74 Å². The highest BCUT2D eigenvalue weighted by molar-refractivity contribution is 6.28. The molecule has 0 spiro atoms. The van der Waals surface area contributed by atoms with Crippen molar-refractivity contribution in [3.05, 3.63) is 0 Å². The summed E-state index contributed by atoms with van der Waals surface area (Å²) in [6.07, 6.45) is 1.89. The number of hydrogen-bond acceptors (Lipinski definition) is 2. The fraction of sp³-hybridized carbons (Fsp3) is 0.900. The quantitative estimate of drug-likeness (QED) is 0.504. The lowest BCUT2D eigenvalue weighted by molar-refractivity contribution is -0.145. The zero-order valence-electron chi connectivity index (χ0n) is 9.10. The molecule has 6 heteroatoms. The van der Waals surface area contributed by atoms with E-state index in [4.69, 9.17) is 51.1 Å².